The number of hydrogen-bond donors (Lipinski definition) is 1. The first-order valence-corrected chi connectivity index (χ1v) is 10.9. The highest BCUT2D eigenvalue weighted by atomic mass is 16.5. The van der Waals surface area contributed by atoms with Crippen LogP contribution in [0.15, 0.2) is 24.3 Å². The first kappa shape index (κ1) is 21.1. The smallest absolute Gasteiger partial charge is 0.223 e. The summed E-state index contributed by atoms with van der Waals surface area (Å²) >= 11 is 0. The first-order chi connectivity index (χ1) is 15.0. The van der Waals surface area contributed by atoms with E-state index in [4.69, 9.17) is 9.84 Å². The molecule has 0 spiro atoms. The van der Waals surface area contributed by atoms with E-state index in [2.05, 4.69) is 34.3 Å². The van der Waals surface area contributed by atoms with Gasteiger partial charge >= 0.3 is 0 Å². The van der Waals surface area contributed by atoms with E-state index in [9.17, 15) is 4.79 Å². The van der Waals surface area contributed by atoms with E-state index in [0.717, 1.165) is 78.4 Å². The second-order valence-electron chi connectivity index (χ2n) is 8.08. The fourth-order valence-corrected chi connectivity index (χ4v) is 4.25. The van der Waals surface area contributed by atoms with E-state index in [-0.39, 0.29) is 11.8 Å². The molecule has 1 aliphatic rings. The van der Waals surface area contributed by atoms with Crippen molar-refractivity contribution in [2.75, 3.05) is 31.6 Å². The maximum Gasteiger partial charge on any atom is 0.223 e. The molecule has 1 saturated heterocycles. The monoisotopic (exact) mass is 422 g/mol. The summed E-state index contributed by atoms with van der Waals surface area (Å²) in [6.45, 7) is 8.37. The lowest BCUT2D eigenvalue weighted by Gasteiger charge is -2.31. The van der Waals surface area contributed by atoms with Crippen LogP contribution in [0.4, 0.5) is 5.82 Å². The van der Waals surface area contributed by atoms with E-state index < -0.39 is 0 Å². The minimum absolute atomic E-state index is 0.0651. The van der Waals surface area contributed by atoms with Crippen molar-refractivity contribution in [1.82, 2.24) is 25.3 Å². The van der Waals surface area contributed by atoms with Gasteiger partial charge in [-0.2, -0.15) is 10.2 Å². The predicted octanol–water partition coefficient (Wildman–Crippen LogP) is 3.18. The highest BCUT2D eigenvalue weighted by molar-refractivity contribution is 5.92. The molecule has 1 fully saturated rings. The van der Waals surface area contributed by atoms with Crippen molar-refractivity contribution in [2.24, 2.45) is 5.92 Å². The third-order valence-corrected chi connectivity index (χ3v) is 6.02. The van der Waals surface area contributed by atoms with Crippen molar-refractivity contribution < 1.29 is 9.53 Å². The number of aromatic nitrogens is 4. The van der Waals surface area contributed by atoms with Gasteiger partial charge in [0.25, 0.3) is 0 Å². The number of nitrogens with one attached hydrogen (secondary N) is 1. The number of ether oxygens (including phenoxy) is 1. The largest absolute Gasteiger partial charge is 0.497 e. The molecular formula is C23H30N6O2. The Kier molecular flexibility index (Phi) is 6.06. The molecule has 1 aliphatic heterocycles. The molecule has 0 saturated carbocycles. The molecule has 31 heavy (non-hydrogen) atoms. The topological polar surface area (TPSA) is 85.2 Å². The van der Waals surface area contributed by atoms with Crippen LogP contribution >= 0.6 is 0 Å². The zero-order valence-corrected chi connectivity index (χ0v) is 18.7. The van der Waals surface area contributed by atoms with Crippen LogP contribution in [0.3, 0.4) is 0 Å². The highest BCUT2D eigenvalue weighted by Crippen LogP contribution is 2.31. The number of fused-ring (bicyclic) bond motifs is 1. The molecule has 1 aromatic carbocycles. The second-order valence-corrected chi connectivity index (χ2v) is 8.08. The molecule has 8 nitrogen and oxygen atoms in total. The molecule has 0 radical (unpaired) electrons. The lowest BCUT2D eigenvalue weighted by Crippen LogP contribution is -2.41. The summed E-state index contributed by atoms with van der Waals surface area (Å²) in [5.41, 5.74) is 3.72. The van der Waals surface area contributed by atoms with Crippen LogP contribution in [0.2, 0.25) is 0 Å². The van der Waals surface area contributed by atoms with Crippen molar-refractivity contribution in [1.29, 1.82) is 0 Å². The standard InChI is InChI=1S/C23H30N6O2/c1-5-12-24-23(30)17-10-13-28(14-11-17)22-21-20(15(2)25-26-22)16(3)29(27-21)18-6-8-19(31-4)9-7-18/h6-9,17H,5,10-14H2,1-4H3,(H,24,30). The average molecular weight is 423 g/mol. The number of methoxy groups -OCH3 is 1. The zero-order chi connectivity index (χ0) is 22.0. The number of carbonyl (C=O) groups is 1. The van der Waals surface area contributed by atoms with Gasteiger partial charge in [-0.3, -0.25) is 4.79 Å². The lowest BCUT2D eigenvalue weighted by atomic mass is 9.95. The number of carbonyl (C=O) groups excluding carboxylic acids is 1. The fraction of sp³-hybridized carbons (Fsp3) is 0.478. The van der Waals surface area contributed by atoms with Crippen molar-refractivity contribution in [3.8, 4) is 11.4 Å². The van der Waals surface area contributed by atoms with Crippen molar-refractivity contribution >= 4 is 22.6 Å². The molecule has 2 aromatic heterocycles. The first-order valence-electron chi connectivity index (χ1n) is 10.9. The van der Waals surface area contributed by atoms with E-state index in [1.807, 2.05) is 35.9 Å². The van der Waals surface area contributed by atoms with Crippen LogP contribution in [0, 0.1) is 19.8 Å². The predicted molar refractivity (Wildman–Crippen MR) is 121 cm³/mol. The third-order valence-electron chi connectivity index (χ3n) is 6.02. The molecule has 4 rings (SSSR count). The Morgan fingerprint density at radius 2 is 1.87 bits per heavy atom. The normalized spacial score (nSPS) is 14.8. The number of rotatable bonds is 6. The Morgan fingerprint density at radius 1 is 1.16 bits per heavy atom. The maximum absolute atomic E-state index is 12.3. The van der Waals surface area contributed by atoms with Gasteiger partial charge in [0, 0.05) is 25.6 Å². The van der Waals surface area contributed by atoms with Gasteiger partial charge in [-0.1, -0.05) is 6.92 Å². The van der Waals surface area contributed by atoms with Gasteiger partial charge in [-0.05, 0) is 57.4 Å². The Balaban J connectivity index is 1.62. The number of nitrogens with zero attached hydrogens (tertiary/aromatic N) is 5. The Morgan fingerprint density at radius 3 is 2.52 bits per heavy atom. The minimum atomic E-state index is 0.0651. The fourth-order valence-electron chi connectivity index (χ4n) is 4.25. The highest BCUT2D eigenvalue weighted by Gasteiger charge is 2.28. The second kappa shape index (κ2) is 8.91. The maximum atomic E-state index is 12.3. The number of amides is 1. The Bertz CT molecular complexity index is 1070. The Labute approximate surface area is 182 Å². The van der Waals surface area contributed by atoms with Gasteiger partial charge in [0.2, 0.25) is 5.91 Å². The van der Waals surface area contributed by atoms with Gasteiger partial charge in [-0.25, -0.2) is 4.68 Å². The molecule has 164 valence electrons. The molecule has 8 heteroatoms. The van der Waals surface area contributed by atoms with Crippen LogP contribution in [0.25, 0.3) is 16.6 Å². The van der Waals surface area contributed by atoms with Gasteiger partial charge in [0.1, 0.15) is 11.3 Å². The van der Waals surface area contributed by atoms with Gasteiger partial charge in [0.15, 0.2) is 5.82 Å². The summed E-state index contributed by atoms with van der Waals surface area (Å²) < 4.78 is 7.21. The molecule has 1 amide bonds. The van der Waals surface area contributed by atoms with Crippen molar-refractivity contribution in [3.63, 3.8) is 0 Å². The molecule has 3 heterocycles. The van der Waals surface area contributed by atoms with Crippen LogP contribution < -0.4 is 15.0 Å². The molecule has 0 aliphatic carbocycles. The SMILES string of the molecule is CCCNC(=O)C1CCN(c2nnc(C)c3c(C)n(-c4ccc(OC)cc4)nc23)CC1. The quantitative estimate of drug-likeness (QED) is 0.657. The van der Waals surface area contributed by atoms with Crippen molar-refractivity contribution in [3.05, 3.63) is 35.7 Å². The number of anilines is 1. The van der Waals surface area contributed by atoms with Gasteiger partial charge in [0.05, 0.1) is 29.6 Å². The number of hydrogen-bond acceptors (Lipinski definition) is 6. The van der Waals surface area contributed by atoms with E-state index >= 15 is 0 Å². The van der Waals surface area contributed by atoms with E-state index in [1.165, 1.54) is 0 Å². The Hall–Kier alpha value is -3.16. The van der Waals surface area contributed by atoms with Crippen molar-refractivity contribution in [2.45, 2.75) is 40.0 Å². The molecule has 1 N–H and O–H groups in total. The summed E-state index contributed by atoms with van der Waals surface area (Å²) in [7, 11) is 1.66. The van der Waals surface area contributed by atoms with E-state index in [0.29, 0.717) is 0 Å². The molecule has 0 atom stereocenters. The summed E-state index contributed by atoms with van der Waals surface area (Å²) in [5, 5.41) is 17.9. The third kappa shape index (κ3) is 4.06. The summed E-state index contributed by atoms with van der Waals surface area (Å²) in [6.07, 6.45) is 2.58. The summed E-state index contributed by atoms with van der Waals surface area (Å²) in [5.74, 6) is 1.84. The molecule has 0 unspecified atom stereocenters. The van der Waals surface area contributed by atoms with Crippen LogP contribution in [0.5, 0.6) is 5.75 Å². The van der Waals surface area contributed by atoms with Crippen LogP contribution in [-0.4, -0.2) is 52.6 Å². The van der Waals surface area contributed by atoms with Gasteiger partial charge < -0.3 is 15.0 Å². The minimum Gasteiger partial charge on any atom is -0.497 e. The zero-order valence-electron chi connectivity index (χ0n) is 18.7. The van der Waals surface area contributed by atoms with Crippen LogP contribution in [0.1, 0.15) is 37.6 Å². The number of aryl methyl sites for hydroxylation is 2. The summed E-state index contributed by atoms with van der Waals surface area (Å²) in [6, 6.07) is 7.85. The molecule has 3 aromatic rings. The number of piperidine rings is 1. The lowest BCUT2D eigenvalue weighted by molar-refractivity contribution is -0.125. The average Bonchev–Trinajstić information content (AvgIpc) is 3.16. The van der Waals surface area contributed by atoms with Crippen LogP contribution in [-0.2, 0) is 4.79 Å². The molecular weight excluding hydrogens is 392 g/mol. The molecule has 0 bridgehead atoms. The summed E-state index contributed by atoms with van der Waals surface area (Å²) in [4.78, 5) is 14.5. The van der Waals surface area contributed by atoms with E-state index in [1.54, 1.807) is 7.11 Å². The number of benzene rings is 1. The van der Waals surface area contributed by atoms with Gasteiger partial charge in [-0.15, -0.1) is 5.10 Å².